The van der Waals surface area contributed by atoms with E-state index in [4.69, 9.17) is 16.3 Å². The van der Waals surface area contributed by atoms with Crippen LogP contribution in [0, 0.1) is 13.8 Å². The number of benzene rings is 1. The molecule has 0 unspecified atom stereocenters. The van der Waals surface area contributed by atoms with Crippen LogP contribution in [0.2, 0.25) is 5.02 Å². The maximum atomic E-state index is 11.7. The second-order valence-electron chi connectivity index (χ2n) is 4.24. The Bertz CT molecular complexity index is 613. The van der Waals surface area contributed by atoms with E-state index in [1.807, 2.05) is 26.0 Å². The molecule has 1 aromatic carbocycles. The Morgan fingerprint density at radius 1 is 1.40 bits per heavy atom. The molecule has 0 fully saturated rings. The van der Waals surface area contributed by atoms with Crippen LogP contribution < -0.4 is 10.1 Å². The SMILES string of the molecule is Cc1nc(C)c(CNC(=O)COc2ccccc2Cl)s1. The highest BCUT2D eigenvalue weighted by atomic mass is 35.5. The number of halogens is 1. The van der Waals surface area contributed by atoms with Crippen molar-refractivity contribution in [2.24, 2.45) is 0 Å². The Morgan fingerprint density at radius 3 is 2.80 bits per heavy atom. The molecule has 0 atom stereocenters. The van der Waals surface area contributed by atoms with Crippen molar-refractivity contribution >= 4 is 28.8 Å². The van der Waals surface area contributed by atoms with Gasteiger partial charge in [-0.1, -0.05) is 23.7 Å². The van der Waals surface area contributed by atoms with Gasteiger partial charge in [-0.3, -0.25) is 4.79 Å². The number of amides is 1. The van der Waals surface area contributed by atoms with Gasteiger partial charge in [-0.25, -0.2) is 4.98 Å². The molecule has 2 aromatic rings. The molecule has 0 bridgehead atoms. The maximum Gasteiger partial charge on any atom is 0.258 e. The Balaban J connectivity index is 1.82. The van der Waals surface area contributed by atoms with E-state index >= 15 is 0 Å². The minimum absolute atomic E-state index is 0.0550. The van der Waals surface area contributed by atoms with Gasteiger partial charge < -0.3 is 10.1 Å². The molecule has 0 aliphatic rings. The molecule has 0 saturated heterocycles. The lowest BCUT2D eigenvalue weighted by Crippen LogP contribution is -2.28. The summed E-state index contributed by atoms with van der Waals surface area (Å²) in [7, 11) is 0. The number of rotatable bonds is 5. The van der Waals surface area contributed by atoms with Crippen molar-refractivity contribution in [3.8, 4) is 5.75 Å². The number of nitrogens with one attached hydrogen (secondary N) is 1. The van der Waals surface area contributed by atoms with Crippen molar-refractivity contribution in [1.82, 2.24) is 10.3 Å². The van der Waals surface area contributed by atoms with Gasteiger partial charge in [0.2, 0.25) is 0 Å². The number of carbonyl (C=O) groups is 1. The molecule has 1 amide bonds. The van der Waals surface area contributed by atoms with E-state index in [0.29, 0.717) is 17.3 Å². The van der Waals surface area contributed by atoms with Crippen molar-refractivity contribution in [1.29, 1.82) is 0 Å². The Labute approximate surface area is 126 Å². The van der Waals surface area contributed by atoms with E-state index in [0.717, 1.165) is 15.6 Å². The molecule has 1 heterocycles. The number of aromatic nitrogens is 1. The van der Waals surface area contributed by atoms with E-state index < -0.39 is 0 Å². The monoisotopic (exact) mass is 310 g/mol. The smallest absolute Gasteiger partial charge is 0.258 e. The second-order valence-corrected chi connectivity index (χ2v) is 5.93. The summed E-state index contributed by atoms with van der Waals surface area (Å²) in [5.41, 5.74) is 0.958. The number of hydrogen-bond acceptors (Lipinski definition) is 4. The lowest BCUT2D eigenvalue weighted by molar-refractivity contribution is -0.123. The summed E-state index contributed by atoms with van der Waals surface area (Å²) in [6.45, 7) is 4.30. The molecule has 20 heavy (non-hydrogen) atoms. The van der Waals surface area contributed by atoms with Gasteiger partial charge in [0.05, 0.1) is 22.3 Å². The molecule has 0 radical (unpaired) electrons. The molecule has 2 rings (SSSR count). The fourth-order valence-electron chi connectivity index (χ4n) is 1.67. The van der Waals surface area contributed by atoms with E-state index in [9.17, 15) is 4.79 Å². The van der Waals surface area contributed by atoms with Crippen LogP contribution in [0.4, 0.5) is 0 Å². The quantitative estimate of drug-likeness (QED) is 0.923. The maximum absolute atomic E-state index is 11.7. The van der Waals surface area contributed by atoms with Crippen molar-refractivity contribution in [3.05, 3.63) is 44.9 Å². The Morgan fingerprint density at radius 2 is 2.15 bits per heavy atom. The molecule has 6 heteroatoms. The summed E-state index contributed by atoms with van der Waals surface area (Å²) >= 11 is 7.53. The van der Waals surface area contributed by atoms with Crippen LogP contribution in [0.1, 0.15) is 15.6 Å². The van der Waals surface area contributed by atoms with Crippen LogP contribution in [0.5, 0.6) is 5.75 Å². The van der Waals surface area contributed by atoms with Gasteiger partial charge in [0.15, 0.2) is 6.61 Å². The average Bonchev–Trinajstić information content (AvgIpc) is 2.74. The summed E-state index contributed by atoms with van der Waals surface area (Å²) in [4.78, 5) is 17.1. The first-order chi connectivity index (χ1) is 9.56. The predicted molar refractivity (Wildman–Crippen MR) is 80.4 cm³/mol. The van der Waals surface area contributed by atoms with Gasteiger partial charge in [0, 0.05) is 4.88 Å². The predicted octanol–water partition coefficient (Wildman–Crippen LogP) is 3.11. The number of nitrogens with zero attached hydrogens (tertiary/aromatic N) is 1. The topological polar surface area (TPSA) is 51.2 Å². The third kappa shape index (κ3) is 3.95. The highest BCUT2D eigenvalue weighted by Gasteiger charge is 2.08. The zero-order valence-electron chi connectivity index (χ0n) is 11.3. The van der Waals surface area contributed by atoms with Gasteiger partial charge in [0.1, 0.15) is 5.75 Å². The molecule has 4 nitrogen and oxygen atoms in total. The lowest BCUT2D eigenvalue weighted by atomic mass is 10.3. The molecule has 0 saturated carbocycles. The van der Waals surface area contributed by atoms with Crippen molar-refractivity contribution in [2.45, 2.75) is 20.4 Å². The Hall–Kier alpha value is -1.59. The first-order valence-corrected chi connectivity index (χ1v) is 7.32. The molecule has 0 spiro atoms. The number of carbonyl (C=O) groups excluding carboxylic acids is 1. The molecule has 1 N–H and O–H groups in total. The minimum Gasteiger partial charge on any atom is -0.482 e. The summed E-state index contributed by atoms with van der Waals surface area (Å²) < 4.78 is 5.37. The highest BCUT2D eigenvalue weighted by Crippen LogP contribution is 2.22. The van der Waals surface area contributed by atoms with Gasteiger partial charge >= 0.3 is 0 Å². The normalized spacial score (nSPS) is 10.3. The van der Waals surface area contributed by atoms with Gasteiger partial charge in [-0.15, -0.1) is 11.3 Å². The number of aryl methyl sites for hydroxylation is 2. The second kappa shape index (κ2) is 6.72. The Kier molecular flexibility index (Phi) is 4.98. The fraction of sp³-hybridized carbons (Fsp3) is 0.286. The number of hydrogen-bond donors (Lipinski definition) is 1. The van der Waals surface area contributed by atoms with E-state index in [-0.39, 0.29) is 12.5 Å². The number of para-hydroxylation sites is 1. The van der Waals surface area contributed by atoms with Crippen LogP contribution in [0.3, 0.4) is 0 Å². The van der Waals surface area contributed by atoms with Crippen molar-refractivity contribution in [2.75, 3.05) is 6.61 Å². The van der Waals surface area contributed by atoms with Crippen LogP contribution in [0.15, 0.2) is 24.3 Å². The summed E-state index contributed by atoms with van der Waals surface area (Å²) in [6.07, 6.45) is 0. The van der Waals surface area contributed by atoms with Crippen LogP contribution in [0.25, 0.3) is 0 Å². The minimum atomic E-state index is -0.185. The average molecular weight is 311 g/mol. The fourth-order valence-corrected chi connectivity index (χ4v) is 2.74. The number of ether oxygens (including phenoxy) is 1. The van der Waals surface area contributed by atoms with Gasteiger partial charge in [-0.05, 0) is 26.0 Å². The first kappa shape index (κ1) is 14.8. The molecule has 0 aliphatic carbocycles. The highest BCUT2D eigenvalue weighted by molar-refractivity contribution is 7.11. The van der Waals surface area contributed by atoms with E-state index in [1.54, 1.807) is 23.5 Å². The zero-order chi connectivity index (χ0) is 14.5. The van der Waals surface area contributed by atoms with Crippen molar-refractivity contribution in [3.63, 3.8) is 0 Å². The van der Waals surface area contributed by atoms with Crippen molar-refractivity contribution < 1.29 is 9.53 Å². The largest absolute Gasteiger partial charge is 0.482 e. The van der Waals surface area contributed by atoms with E-state index in [1.165, 1.54) is 0 Å². The third-order valence-corrected chi connectivity index (χ3v) is 4.03. The molecular formula is C14H15ClN2O2S. The number of thiazole rings is 1. The standard InChI is InChI=1S/C14H15ClN2O2S/c1-9-13(20-10(2)17-9)7-16-14(18)8-19-12-6-4-3-5-11(12)15/h3-6H,7-8H2,1-2H3,(H,16,18). The summed E-state index contributed by atoms with van der Waals surface area (Å²) in [6, 6.07) is 7.07. The van der Waals surface area contributed by atoms with Crippen LogP contribution >= 0.6 is 22.9 Å². The molecule has 106 valence electrons. The first-order valence-electron chi connectivity index (χ1n) is 6.13. The zero-order valence-corrected chi connectivity index (χ0v) is 12.8. The van der Waals surface area contributed by atoms with Gasteiger partial charge in [-0.2, -0.15) is 0 Å². The van der Waals surface area contributed by atoms with Crippen LogP contribution in [-0.2, 0) is 11.3 Å². The van der Waals surface area contributed by atoms with Gasteiger partial charge in [0.25, 0.3) is 5.91 Å². The molecular weight excluding hydrogens is 296 g/mol. The van der Waals surface area contributed by atoms with E-state index in [2.05, 4.69) is 10.3 Å². The third-order valence-electron chi connectivity index (χ3n) is 2.64. The molecule has 1 aromatic heterocycles. The lowest BCUT2D eigenvalue weighted by Gasteiger charge is -2.08. The molecule has 0 aliphatic heterocycles. The van der Waals surface area contributed by atoms with Crippen LogP contribution in [-0.4, -0.2) is 17.5 Å². The summed E-state index contributed by atoms with van der Waals surface area (Å²) in [5.74, 6) is 0.324. The summed E-state index contributed by atoms with van der Waals surface area (Å²) in [5, 5.41) is 4.30.